The van der Waals surface area contributed by atoms with E-state index in [0.717, 1.165) is 38.6 Å². The van der Waals surface area contributed by atoms with E-state index in [-0.39, 0.29) is 5.91 Å². The van der Waals surface area contributed by atoms with E-state index in [9.17, 15) is 4.79 Å². The lowest BCUT2D eigenvalue weighted by Crippen LogP contribution is -2.09. The van der Waals surface area contributed by atoms with Crippen LogP contribution < -0.4 is 10.1 Å². The average molecular weight is 468 g/mol. The molecule has 1 aromatic heterocycles. The van der Waals surface area contributed by atoms with Crippen LogP contribution in [0, 0.1) is 0 Å². The maximum atomic E-state index is 12.7. The molecule has 0 spiro atoms. The summed E-state index contributed by atoms with van der Waals surface area (Å²) in [4.78, 5) is 12.7. The third-order valence-electron chi connectivity index (χ3n) is 5.86. The smallest absolute Gasteiger partial charge is 0.248 e. The monoisotopic (exact) mass is 467 g/mol. The number of halogens is 1. The number of anilines is 1. The summed E-state index contributed by atoms with van der Waals surface area (Å²) >= 11 is 6.17. The van der Waals surface area contributed by atoms with Crippen molar-refractivity contribution >= 4 is 50.5 Å². The molecule has 5 rings (SSSR count). The lowest BCUT2D eigenvalue weighted by molar-refractivity contribution is -0.111. The Bertz CT molecular complexity index is 1560. The Balaban J connectivity index is 1.54. The van der Waals surface area contributed by atoms with E-state index in [1.807, 2.05) is 43.3 Å². The number of carbonyl (C=O) groups excluding carboxylic acids is 1. The third kappa shape index (κ3) is 4.16. The molecule has 0 unspecified atom stereocenters. The summed E-state index contributed by atoms with van der Waals surface area (Å²) in [7, 11) is 1.61. The molecule has 4 aromatic carbocycles. The van der Waals surface area contributed by atoms with E-state index in [0.29, 0.717) is 16.5 Å². The minimum absolute atomic E-state index is 0.269. The van der Waals surface area contributed by atoms with Crippen LogP contribution in [0.4, 0.5) is 5.69 Å². The van der Waals surface area contributed by atoms with Crippen molar-refractivity contribution in [3.8, 4) is 16.9 Å². The van der Waals surface area contributed by atoms with Gasteiger partial charge < -0.3 is 14.5 Å². The molecular weight excluding hydrogens is 446 g/mol. The highest BCUT2D eigenvalue weighted by Gasteiger charge is 2.15. The summed E-state index contributed by atoms with van der Waals surface area (Å²) < 4.78 is 11.5. The number of rotatable bonds is 5. The first-order valence-corrected chi connectivity index (χ1v) is 11.2. The van der Waals surface area contributed by atoms with Crippen molar-refractivity contribution in [2.24, 2.45) is 0 Å². The number of benzene rings is 4. The van der Waals surface area contributed by atoms with Crippen molar-refractivity contribution in [2.45, 2.75) is 6.92 Å². The Morgan fingerprint density at radius 1 is 0.971 bits per heavy atom. The van der Waals surface area contributed by atoms with Gasteiger partial charge in [-0.2, -0.15) is 0 Å². The maximum Gasteiger partial charge on any atom is 0.248 e. The first kappa shape index (κ1) is 21.8. The number of fused-ring (bicyclic) bond motifs is 2. The average Bonchev–Trinajstić information content (AvgIpc) is 3.27. The second-order valence-corrected chi connectivity index (χ2v) is 8.46. The molecular formula is C29H22ClNO3. The lowest BCUT2D eigenvalue weighted by atomic mass is 9.97. The van der Waals surface area contributed by atoms with Gasteiger partial charge in [-0.1, -0.05) is 60.1 Å². The summed E-state index contributed by atoms with van der Waals surface area (Å²) in [5.41, 5.74) is 4.90. The zero-order chi connectivity index (χ0) is 23.7. The highest BCUT2D eigenvalue weighted by atomic mass is 35.5. The van der Waals surface area contributed by atoms with Crippen molar-refractivity contribution < 1.29 is 13.9 Å². The van der Waals surface area contributed by atoms with Crippen molar-refractivity contribution in [1.82, 2.24) is 0 Å². The van der Waals surface area contributed by atoms with E-state index in [1.54, 1.807) is 31.6 Å². The van der Waals surface area contributed by atoms with Crippen LogP contribution in [0.15, 0.2) is 95.6 Å². The number of hydrogen-bond donors (Lipinski definition) is 1. The minimum atomic E-state index is -0.269. The van der Waals surface area contributed by atoms with E-state index < -0.39 is 0 Å². The van der Waals surface area contributed by atoms with Crippen LogP contribution in [0.1, 0.15) is 12.5 Å². The van der Waals surface area contributed by atoms with Crippen LogP contribution in [0.3, 0.4) is 0 Å². The van der Waals surface area contributed by atoms with E-state index in [1.165, 1.54) is 5.39 Å². The van der Waals surface area contributed by atoms with Crippen LogP contribution in [0.2, 0.25) is 5.02 Å². The molecule has 5 aromatic rings. The Kier molecular flexibility index (Phi) is 5.83. The molecule has 1 amide bonds. The molecule has 0 bridgehead atoms. The molecule has 0 aliphatic rings. The second-order valence-electron chi connectivity index (χ2n) is 8.06. The fourth-order valence-electron chi connectivity index (χ4n) is 4.12. The molecule has 0 radical (unpaired) electrons. The fraction of sp³-hybridized carbons (Fsp3) is 0.0690. The van der Waals surface area contributed by atoms with Gasteiger partial charge in [0.2, 0.25) is 5.91 Å². The normalized spacial score (nSPS) is 11.7. The molecule has 4 nitrogen and oxygen atoms in total. The molecule has 168 valence electrons. The Hall–Kier alpha value is -4.02. The first-order chi connectivity index (χ1) is 16.5. The second kappa shape index (κ2) is 9.08. The van der Waals surface area contributed by atoms with Crippen molar-refractivity contribution in [3.05, 3.63) is 102 Å². The van der Waals surface area contributed by atoms with Crippen LogP contribution in [-0.4, -0.2) is 13.0 Å². The molecule has 0 fully saturated rings. The highest BCUT2D eigenvalue weighted by Crippen LogP contribution is 2.38. The number of carbonyl (C=O) groups is 1. The highest BCUT2D eigenvalue weighted by molar-refractivity contribution is 6.33. The molecule has 5 heteroatoms. The number of nitrogens with one attached hydrogen (secondary N) is 1. The summed E-state index contributed by atoms with van der Waals surface area (Å²) in [5.74, 6) is 0.362. The van der Waals surface area contributed by atoms with E-state index in [2.05, 4.69) is 35.6 Å². The van der Waals surface area contributed by atoms with Crippen molar-refractivity contribution in [2.75, 3.05) is 12.4 Å². The van der Waals surface area contributed by atoms with Gasteiger partial charge in [0.05, 0.1) is 24.1 Å². The molecule has 1 N–H and O–H groups in total. The molecule has 0 atom stereocenters. The molecule has 0 saturated carbocycles. The predicted molar refractivity (Wildman–Crippen MR) is 139 cm³/mol. The molecule has 34 heavy (non-hydrogen) atoms. The topological polar surface area (TPSA) is 51.5 Å². The third-order valence-corrected chi connectivity index (χ3v) is 6.19. The van der Waals surface area contributed by atoms with Crippen LogP contribution in [-0.2, 0) is 4.79 Å². The van der Waals surface area contributed by atoms with Gasteiger partial charge in [0, 0.05) is 28.7 Å². The zero-order valence-corrected chi connectivity index (χ0v) is 19.5. The number of methoxy groups -OCH3 is 1. The molecule has 0 aliphatic heterocycles. The van der Waals surface area contributed by atoms with Gasteiger partial charge in [-0.05, 0) is 53.1 Å². The van der Waals surface area contributed by atoms with E-state index >= 15 is 0 Å². The van der Waals surface area contributed by atoms with Crippen molar-refractivity contribution in [1.29, 1.82) is 0 Å². The van der Waals surface area contributed by atoms with Crippen LogP contribution in [0.25, 0.3) is 38.4 Å². The first-order valence-electron chi connectivity index (χ1n) is 10.9. The summed E-state index contributed by atoms with van der Waals surface area (Å²) in [6.45, 7) is 1.88. The Morgan fingerprint density at radius 2 is 1.74 bits per heavy atom. The summed E-state index contributed by atoms with van der Waals surface area (Å²) in [6.07, 6.45) is 3.31. The number of ether oxygens (including phenoxy) is 1. The number of furan rings is 1. The van der Waals surface area contributed by atoms with Crippen molar-refractivity contribution in [3.63, 3.8) is 0 Å². The Morgan fingerprint density at radius 3 is 2.53 bits per heavy atom. The lowest BCUT2D eigenvalue weighted by Gasteiger charge is -2.11. The predicted octanol–water partition coefficient (Wildman–Crippen LogP) is 7.96. The van der Waals surface area contributed by atoms with Gasteiger partial charge in [0.1, 0.15) is 11.3 Å². The van der Waals surface area contributed by atoms with Gasteiger partial charge in [-0.3, -0.25) is 4.79 Å². The van der Waals surface area contributed by atoms with Crippen LogP contribution in [0.5, 0.6) is 5.75 Å². The Labute approximate surface area is 202 Å². The van der Waals surface area contributed by atoms with Gasteiger partial charge in [-0.25, -0.2) is 0 Å². The largest absolute Gasteiger partial charge is 0.496 e. The van der Waals surface area contributed by atoms with Gasteiger partial charge in [-0.15, -0.1) is 0 Å². The molecule has 0 aliphatic carbocycles. The van der Waals surface area contributed by atoms with Gasteiger partial charge >= 0.3 is 0 Å². The number of hydrogen-bond acceptors (Lipinski definition) is 3. The maximum absolute atomic E-state index is 12.7. The fourth-order valence-corrected chi connectivity index (χ4v) is 4.30. The molecule has 1 heterocycles. The summed E-state index contributed by atoms with van der Waals surface area (Å²) in [5, 5.41) is 6.61. The summed E-state index contributed by atoms with van der Waals surface area (Å²) in [6, 6.07) is 25.6. The quantitative estimate of drug-likeness (QED) is 0.267. The standard InChI is InChI=1S/C29H22ClNO3/c1-18(13-29(32)31-26-10-6-5-9-25(26)30)22-15-23-24(17-34-28(23)16-27(22)33-2)21-12-11-19-7-3-4-8-20(19)14-21/h3-17H,1-2H3,(H,31,32)/b18-13+. The molecule has 0 saturated heterocycles. The minimum Gasteiger partial charge on any atom is -0.496 e. The van der Waals surface area contributed by atoms with Gasteiger partial charge in [0.15, 0.2) is 0 Å². The van der Waals surface area contributed by atoms with Gasteiger partial charge in [0.25, 0.3) is 0 Å². The number of allylic oxidation sites excluding steroid dienone is 1. The van der Waals surface area contributed by atoms with E-state index in [4.69, 9.17) is 20.8 Å². The SMILES string of the molecule is COc1cc2occ(-c3ccc4ccccc4c3)c2cc1/C(C)=C/C(=O)Nc1ccccc1Cl. The number of amides is 1. The number of para-hydroxylation sites is 1. The van der Waals surface area contributed by atoms with Crippen LogP contribution >= 0.6 is 11.6 Å². The zero-order valence-electron chi connectivity index (χ0n) is 18.8.